The molecule has 3 rings (SSSR count). The highest BCUT2D eigenvalue weighted by atomic mass is 32.1. The van der Waals surface area contributed by atoms with Gasteiger partial charge >= 0.3 is 6.03 Å². The lowest BCUT2D eigenvalue weighted by molar-refractivity contribution is 0.160. The Kier molecular flexibility index (Phi) is 4.95. The lowest BCUT2D eigenvalue weighted by atomic mass is 10.1. The van der Waals surface area contributed by atoms with Gasteiger partial charge in [-0.15, -0.1) is 11.3 Å². The predicted molar refractivity (Wildman–Crippen MR) is 90.5 cm³/mol. The average molecular weight is 333 g/mol. The Morgan fingerprint density at radius 1 is 1.57 bits per heavy atom. The van der Waals surface area contributed by atoms with Crippen molar-refractivity contribution in [1.82, 2.24) is 25.0 Å². The van der Waals surface area contributed by atoms with E-state index in [1.54, 1.807) is 17.5 Å². The van der Waals surface area contributed by atoms with Gasteiger partial charge in [-0.1, -0.05) is 6.92 Å². The molecule has 1 aliphatic heterocycles. The fraction of sp³-hybridized carbons (Fsp3) is 0.562. The molecule has 2 aromatic heterocycles. The van der Waals surface area contributed by atoms with Gasteiger partial charge in [-0.3, -0.25) is 4.68 Å². The number of carbonyl (C=O) groups excluding carboxylic acids is 1. The Morgan fingerprint density at radius 3 is 3.09 bits per heavy atom. The van der Waals surface area contributed by atoms with Crippen molar-refractivity contribution >= 4 is 17.4 Å². The van der Waals surface area contributed by atoms with Gasteiger partial charge in [0.15, 0.2) is 0 Å². The molecule has 1 fully saturated rings. The van der Waals surface area contributed by atoms with Crippen LogP contribution in [0.5, 0.6) is 0 Å². The highest BCUT2D eigenvalue weighted by molar-refractivity contribution is 7.09. The number of likely N-dealkylation sites (tertiary alicyclic amines) is 1. The third kappa shape index (κ3) is 3.72. The van der Waals surface area contributed by atoms with E-state index in [9.17, 15) is 4.79 Å². The van der Waals surface area contributed by atoms with Gasteiger partial charge in [0.2, 0.25) is 0 Å². The van der Waals surface area contributed by atoms with Gasteiger partial charge in [0.25, 0.3) is 0 Å². The number of carbonyl (C=O) groups is 1. The number of piperidine rings is 1. The summed E-state index contributed by atoms with van der Waals surface area (Å²) in [6, 6.07) is 0.263. The van der Waals surface area contributed by atoms with Crippen LogP contribution in [0, 0.1) is 6.92 Å². The Bertz CT molecular complexity index is 639. The van der Waals surface area contributed by atoms with Gasteiger partial charge in [-0.25, -0.2) is 9.78 Å². The van der Waals surface area contributed by atoms with Crippen LogP contribution in [0.3, 0.4) is 0 Å². The number of aryl methyl sites for hydroxylation is 1. The topological polar surface area (TPSA) is 63.1 Å². The smallest absolute Gasteiger partial charge is 0.318 e. The van der Waals surface area contributed by atoms with Crippen molar-refractivity contribution in [3.05, 3.63) is 34.5 Å². The van der Waals surface area contributed by atoms with Crippen LogP contribution < -0.4 is 5.32 Å². The van der Waals surface area contributed by atoms with E-state index in [0.29, 0.717) is 6.54 Å². The van der Waals surface area contributed by atoms with Crippen molar-refractivity contribution in [2.45, 2.75) is 45.2 Å². The number of hydrogen-bond acceptors (Lipinski definition) is 4. The number of amides is 2. The number of thiazole rings is 1. The van der Waals surface area contributed by atoms with Crippen LogP contribution in [-0.4, -0.2) is 38.8 Å². The molecule has 6 nitrogen and oxygen atoms in total. The van der Waals surface area contributed by atoms with Crippen molar-refractivity contribution in [2.75, 3.05) is 13.1 Å². The first-order chi connectivity index (χ1) is 11.2. The fourth-order valence-electron chi connectivity index (χ4n) is 2.97. The zero-order valence-electron chi connectivity index (χ0n) is 13.6. The number of urea groups is 1. The van der Waals surface area contributed by atoms with Crippen molar-refractivity contribution < 1.29 is 4.79 Å². The summed E-state index contributed by atoms with van der Waals surface area (Å²) in [5.41, 5.74) is 1.15. The van der Waals surface area contributed by atoms with Crippen molar-refractivity contribution in [3.63, 3.8) is 0 Å². The van der Waals surface area contributed by atoms with Gasteiger partial charge in [0.05, 0.1) is 18.3 Å². The minimum Gasteiger partial charge on any atom is -0.329 e. The third-order valence-corrected chi connectivity index (χ3v) is 5.13. The second kappa shape index (κ2) is 7.12. The van der Waals surface area contributed by atoms with E-state index in [1.807, 2.05) is 28.1 Å². The Hall–Kier alpha value is -1.89. The van der Waals surface area contributed by atoms with Crippen LogP contribution in [0.2, 0.25) is 0 Å². The first-order valence-corrected chi connectivity index (χ1v) is 9.01. The summed E-state index contributed by atoms with van der Waals surface area (Å²) in [4.78, 5) is 18.8. The summed E-state index contributed by atoms with van der Waals surface area (Å²) < 4.78 is 1.99. The zero-order chi connectivity index (χ0) is 16.2. The zero-order valence-corrected chi connectivity index (χ0v) is 14.4. The van der Waals surface area contributed by atoms with Crippen molar-refractivity contribution in [1.29, 1.82) is 0 Å². The summed E-state index contributed by atoms with van der Waals surface area (Å²) in [6.07, 6.45) is 8.62. The third-order valence-electron chi connectivity index (χ3n) is 4.24. The van der Waals surface area contributed by atoms with Crippen molar-refractivity contribution in [3.8, 4) is 0 Å². The molecular weight excluding hydrogens is 310 g/mol. The molecule has 23 heavy (non-hydrogen) atoms. The first-order valence-electron chi connectivity index (χ1n) is 8.13. The molecule has 2 aromatic rings. The molecule has 1 N–H and O–H groups in total. The van der Waals surface area contributed by atoms with Gasteiger partial charge in [-0.05, 0) is 31.7 Å². The molecule has 0 spiro atoms. The van der Waals surface area contributed by atoms with E-state index in [2.05, 4.69) is 28.5 Å². The Balaban J connectivity index is 1.62. The highest BCUT2D eigenvalue weighted by Gasteiger charge is 2.27. The molecule has 0 radical (unpaired) electrons. The molecule has 2 atom stereocenters. The van der Waals surface area contributed by atoms with E-state index in [1.165, 1.54) is 0 Å². The van der Waals surface area contributed by atoms with E-state index in [0.717, 1.165) is 36.4 Å². The molecule has 1 saturated heterocycles. The second-order valence-corrected chi connectivity index (χ2v) is 6.95. The molecule has 7 heteroatoms. The fourth-order valence-corrected chi connectivity index (χ4v) is 3.75. The van der Waals surface area contributed by atoms with E-state index in [4.69, 9.17) is 0 Å². The first kappa shape index (κ1) is 16.0. The van der Waals surface area contributed by atoms with Gasteiger partial charge in [0, 0.05) is 30.9 Å². The number of rotatable bonds is 4. The largest absolute Gasteiger partial charge is 0.329 e. The maximum atomic E-state index is 12.6. The summed E-state index contributed by atoms with van der Waals surface area (Å²) in [6.45, 7) is 5.62. The van der Waals surface area contributed by atoms with E-state index in [-0.39, 0.29) is 18.1 Å². The van der Waals surface area contributed by atoms with Crippen LogP contribution in [0.25, 0.3) is 0 Å². The Morgan fingerprint density at radius 2 is 2.43 bits per heavy atom. The second-order valence-electron chi connectivity index (χ2n) is 6.02. The molecule has 1 aliphatic rings. The average Bonchev–Trinajstić information content (AvgIpc) is 3.24. The summed E-state index contributed by atoms with van der Waals surface area (Å²) in [7, 11) is 0. The Labute approximate surface area is 140 Å². The summed E-state index contributed by atoms with van der Waals surface area (Å²) >= 11 is 1.59. The molecule has 0 unspecified atom stereocenters. The van der Waals surface area contributed by atoms with Crippen LogP contribution in [-0.2, 0) is 0 Å². The van der Waals surface area contributed by atoms with Gasteiger partial charge in [-0.2, -0.15) is 5.10 Å². The van der Waals surface area contributed by atoms with Gasteiger partial charge < -0.3 is 10.2 Å². The van der Waals surface area contributed by atoms with E-state index < -0.39 is 0 Å². The molecular formula is C16H23N5OS. The monoisotopic (exact) mass is 333 g/mol. The van der Waals surface area contributed by atoms with E-state index >= 15 is 0 Å². The number of nitrogens with zero attached hydrogens (tertiary/aromatic N) is 4. The minimum atomic E-state index is -0.00479. The number of hydrogen-bond donors (Lipinski definition) is 1. The molecule has 3 heterocycles. The maximum Gasteiger partial charge on any atom is 0.318 e. The highest BCUT2D eigenvalue weighted by Crippen LogP contribution is 2.23. The summed E-state index contributed by atoms with van der Waals surface area (Å²) in [5, 5.41) is 10.4. The van der Waals surface area contributed by atoms with Gasteiger partial charge in [0.1, 0.15) is 5.01 Å². The lowest BCUT2D eigenvalue weighted by Crippen LogP contribution is -2.46. The molecule has 124 valence electrons. The quantitative estimate of drug-likeness (QED) is 0.935. The molecule has 2 amide bonds. The van der Waals surface area contributed by atoms with Crippen LogP contribution in [0.15, 0.2) is 24.0 Å². The number of aromatic nitrogens is 3. The van der Waals surface area contributed by atoms with Crippen LogP contribution >= 0.6 is 11.3 Å². The molecule has 0 bridgehead atoms. The summed E-state index contributed by atoms with van der Waals surface area (Å²) in [5.74, 6) is 0. The maximum absolute atomic E-state index is 12.6. The predicted octanol–water partition coefficient (Wildman–Crippen LogP) is 3.15. The van der Waals surface area contributed by atoms with Crippen molar-refractivity contribution in [2.24, 2.45) is 0 Å². The normalized spacial score (nSPS) is 19.6. The van der Waals surface area contributed by atoms with Crippen LogP contribution in [0.1, 0.15) is 48.8 Å². The standard InChI is InChI=1S/C16H23N5OS/c1-3-14(15-17-6-8-23-15)19-16(22)20-7-4-5-13(11-20)21-10-12(2)9-18-21/h6,8-10,13-14H,3-5,7,11H2,1-2H3,(H,19,22)/t13-,14+/m1/s1. The molecule has 0 aromatic carbocycles. The SMILES string of the molecule is CC[C@H](NC(=O)N1CCC[C@@H](n2cc(C)cn2)C1)c1nccs1. The molecule has 0 aliphatic carbocycles. The lowest BCUT2D eigenvalue weighted by Gasteiger charge is -2.33. The van der Waals surface area contributed by atoms with Crippen LogP contribution in [0.4, 0.5) is 4.79 Å². The number of nitrogens with one attached hydrogen (secondary N) is 1. The molecule has 0 saturated carbocycles. The minimum absolute atomic E-state index is 0.000582.